The van der Waals surface area contributed by atoms with Crippen LogP contribution in [0.1, 0.15) is 104 Å². The molecular weight excluding hydrogens is 346 g/mol. The van der Waals surface area contributed by atoms with Crippen molar-refractivity contribution in [3.05, 3.63) is 47.9 Å². The Morgan fingerprint density at radius 2 is 1.37 bits per heavy atom. The van der Waals surface area contributed by atoms with Crippen molar-refractivity contribution in [3.8, 4) is 0 Å². The monoisotopic (exact) mass is 391 g/mol. The zero-order valence-electron chi connectivity index (χ0n) is 18.2. The Morgan fingerprint density at radius 1 is 0.815 bits per heavy atom. The highest BCUT2D eigenvalue weighted by Gasteiger charge is 1.94. The van der Waals surface area contributed by atoms with Crippen molar-refractivity contribution in [3.63, 3.8) is 0 Å². The van der Waals surface area contributed by atoms with Crippen molar-refractivity contribution in [2.45, 2.75) is 104 Å². The first-order valence-electron chi connectivity index (χ1n) is 11.3. The van der Waals surface area contributed by atoms with E-state index in [1.165, 1.54) is 94.8 Å². The van der Waals surface area contributed by atoms with Crippen LogP contribution in [0.15, 0.2) is 47.9 Å². The third kappa shape index (κ3) is 21.4. The van der Waals surface area contributed by atoms with Crippen LogP contribution in [0.5, 0.6) is 0 Å². The summed E-state index contributed by atoms with van der Waals surface area (Å²) in [5.41, 5.74) is 0. The van der Waals surface area contributed by atoms with Crippen LogP contribution in [0.2, 0.25) is 0 Å². The van der Waals surface area contributed by atoms with Gasteiger partial charge < -0.3 is 0 Å². The lowest BCUT2D eigenvalue weighted by Crippen LogP contribution is -2.05. The largest absolute Gasteiger partial charge is 0.260 e. The van der Waals surface area contributed by atoms with Gasteiger partial charge >= 0.3 is 0 Å². The Labute approximate surface area is 175 Å². The SMILES string of the molecule is C=C/C(=C\C=C/C)SNCCCCCCCC/C=C\CCCCCCCC. The summed E-state index contributed by atoms with van der Waals surface area (Å²) in [6, 6.07) is 0. The van der Waals surface area contributed by atoms with Crippen LogP contribution >= 0.6 is 11.9 Å². The van der Waals surface area contributed by atoms with Crippen LogP contribution in [0.4, 0.5) is 0 Å². The molecule has 0 radical (unpaired) electrons. The van der Waals surface area contributed by atoms with Crippen LogP contribution in [0.25, 0.3) is 0 Å². The smallest absolute Gasteiger partial charge is 0.0222 e. The Kier molecular flexibility index (Phi) is 22.7. The predicted molar refractivity (Wildman–Crippen MR) is 128 cm³/mol. The minimum absolute atomic E-state index is 1.08. The summed E-state index contributed by atoms with van der Waals surface area (Å²) < 4.78 is 3.43. The number of rotatable bonds is 20. The fourth-order valence-electron chi connectivity index (χ4n) is 2.91. The molecule has 1 nitrogen and oxygen atoms in total. The summed E-state index contributed by atoms with van der Waals surface area (Å²) >= 11 is 1.68. The minimum atomic E-state index is 1.08. The van der Waals surface area contributed by atoms with E-state index in [2.05, 4.69) is 42.5 Å². The summed E-state index contributed by atoms with van der Waals surface area (Å²) in [7, 11) is 0. The maximum atomic E-state index is 3.84. The average molecular weight is 392 g/mol. The molecule has 0 aromatic carbocycles. The molecule has 0 atom stereocenters. The molecule has 0 saturated heterocycles. The fraction of sp³-hybridized carbons (Fsp3) is 0.680. The summed E-state index contributed by atoms with van der Waals surface area (Å²) in [5.74, 6) is 0. The molecule has 0 aliphatic heterocycles. The van der Waals surface area contributed by atoms with Gasteiger partial charge in [-0.2, -0.15) is 0 Å². The molecule has 0 heterocycles. The summed E-state index contributed by atoms with van der Waals surface area (Å²) in [6.07, 6.45) is 32.0. The normalized spacial score (nSPS) is 12.4. The Morgan fingerprint density at radius 3 is 1.93 bits per heavy atom. The molecule has 0 fully saturated rings. The maximum absolute atomic E-state index is 3.84. The van der Waals surface area contributed by atoms with Crippen molar-refractivity contribution in [2.75, 3.05) is 6.54 Å². The first-order valence-corrected chi connectivity index (χ1v) is 12.2. The lowest BCUT2D eigenvalue weighted by atomic mass is 10.1. The Balaban J connectivity index is 3.26. The summed E-state index contributed by atoms with van der Waals surface area (Å²) in [6.45, 7) is 9.23. The molecule has 156 valence electrons. The number of hydrogen-bond acceptors (Lipinski definition) is 2. The van der Waals surface area contributed by atoms with E-state index in [9.17, 15) is 0 Å². The molecule has 0 spiro atoms. The van der Waals surface area contributed by atoms with Gasteiger partial charge in [-0.05, 0) is 57.1 Å². The van der Waals surface area contributed by atoms with Gasteiger partial charge in [0, 0.05) is 11.4 Å². The second-order valence-corrected chi connectivity index (χ2v) is 8.20. The first kappa shape index (κ1) is 26.3. The standard InChI is InChI=1S/C25H45NS/c1-4-7-9-10-11-12-13-14-15-16-17-18-19-20-21-22-24-26-27-25(6-3)23-8-5-2/h5-6,8,14-15,23,26H,3-4,7,9-13,16-22,24H2,1-2H3/b8-5-,15-14-,25-23+. The zero-order valence-corrected chi connectivity index (χ0v) is 19.0. The third-order valence-corrected chi connectivity index (χ3v) is 5.52. The molecule has 0 bridgehead atoms. The topological polar surface area (TPSA) is 12.0 Å². The fourth-order valence-corrected chi connectivity index (χ4v) is 3.56. The van der Waals surface area contributed by atoms with Crippen LogP contribution in [-0.2, 0) is 0 Å². The zero-order chi connectivity index (χ0) is 19.8. The quantitative estimate of drug-likeness (QED) is 0.0962. The molecule has 0 aromatic heterocycles. The summed E-state index contributed by atoms with van der Waals surface area (Å²) in [5, 5.41) is 0. The maximum Gasteiger partial charge on any atom is 0.0222 e. The van der Waals surface area contributed by atoms with Crippen LogP contribution in [-0.4, -0.2) is 6.54 Å². The molecular formula is C25H45NS. The second kappa shape index (κ2) is 23.3. The molecule has 0 amide bonds. The van der Waals surface area contributed by atoms with E-state index in [0.29, 0.717) is 0 Å². The van der Waals surface area contributed by atoms with Gasteiger partial charge in [0.1, 0.15) is 0 Å². The molecule has 2 heteroatoms. The molecule has 0 aliphatic carbocycles. The average Bonchev–Trinajstić information content (AvgIpc) is 2.69. The lowest BCUT2D eigenvalue weighted by Gasteiger charge is -2.04. The Bertz CT molecular complexity index is 395. The predicted octanol–water partition coefficient (Wildman–Crippen LogP) is 8.91. The van der Waals surface area contributed by atoms with E-state index in [4.69, 9.17) is 0 Å². The highest BCUT2D eigenvalue weighted by Crippen LogP contribution is 2.13. The second-order valence-electron chi connectivity index (χ2n) is 7.23. The highest BCUT2D eigenvalue weighted by atomic mass is 32.2. The third-order valence-electron chi connectivity index (χ3n) is 4.63. The number of allylic oxidation sites excluding steroid dienone is 6. The van der Waals surface area contributed by atoms with E-state index in [1.807, 2.05) is 19.1 Å². The van der Waals surface area contributed by atoms with Gasteiger partial charge in [-0.1, -0.05) is 102 Å². The number of unbranched alkanes of at least 4 members (excludes halogenated alkanes) is 12. The van der Waals surface area contributed by atoms with E-state index in [-0.39, 0.29) is 0 Å². The summed E-state index contributed by atoms with van der Waals surface area (Å²) in [4.78, 5) is 1.18. The highest BCUT2D eigenvalue weighted by molar-refractivity contribution is 8.01. The van der Waals surface area contributed by atoms with Crippen molar-refractivity contribution in [1.82, 2.24) is 4.72 Å². The first-order chi connectivity index (χ1) is 13.3. The van der Waals surface area contributed by atoms with Gasteiger partial charge in [-0.3, -0.25) is 4.72 Å². The minimum Gasteiger partial charge on any atom is -0.260 e. The van der Waals surface area contributed by atoms with E-state index in [1.54, 1.807) is 11.9 Å². The van der Waals surface area contributed by atoms with Crippen molar-refractivity contribution >= 4 is 11.9 Å². The van der Waals surface area contributed by atoms with Gasteiger partial charge in [0.05, 0.1) is 0 Å². The Hall–Kier alpha value is -0.730. The molecule has 1 N–H and O–H groups in total. The van der Waals surface area contributed by atoms with E-state index in [0.717, 1.165) is 6.54 Å². The number of nitrogens with one attached hydrogen (secondary N) is 1. The van der Waals surface area contributed by atoms with Crippen molar-refractivity contribution in [1.29, 1.82) is 0 Å². The van der Waals surface area contributed by atoms with Crippen LogP contribution < -0.4 is 4.72 Å². The molecule has 0 aromatic rings. The molecule has 0 aliphatic rings. The van der Waals surface area contributed by atoms with E-state index >= 15 is 0 Å². The van der Waals surface area contributed by atoms with Crippen LogP contribution in [0.3, 0.4) is 0 Å². The van der Waals surface area contributed by atoms with Gasteiger partial charge in [0.2, 0.25) is 0 Å². The molecule has 27 heavy (non-hydrogen) atoms. The van der Waals surface area contributed by atoms with Gasteiger partial charge in [-0.25, -0.2) is 0 Å². The van der Waals surface area contributed by atoms with Gasteiger partial charge in [-0.15, -0.1) is 0 Å². The lowest BCUT2D eigenvalue weighted by molar-refractivity contribution is 0.595. The molecule has 0 rings (SSSR count). The van der Waals surface area contributed by atoms with Gasteiger partial charge in [0.15, 0.2) is 0 Å². The molecule has 0 unspecified atom stereocenters. The van der Waals surface area contributed by atoms with Crippen LogP contribution in [0, 0.1) is 0 Å². The van der Waals surface area contributed by atoms with Crippen molar-refractivity contribution < 1.29 is 0 Å². The van der Waals surface area contributed by atoms with E-state index < -0.39 is 0 Å². The van der Waals surface area contributed by atoms with Gasteiger partial charge in [0.25, 0.3) is 0 Å². The number of hydrogen-bond donors (Lipinski definition) is 1. The van der Waals surface area contributed by atoms with Crippen molar-refractivity contribution in [2.24, 2.45) is 0 Å². The molecule has 0 saturated carbocycles.